The monoisotopic (exact) mass is 318 g/mol. The van der Waals surface area contributed by atoms with Gasteiger partial charge in [-0.2, -0.15) is 0 Å². The highest BCUT2D eigenvalue weighted by Gasteiger charge is 2.65. The highest BCUT2D eigenvalue weighted by molar-refractivity contribution is 7.87. The lowest BCUT2D eigenvalue weighted by Crippen LogP contribution is -2.84. The van der Waals surface area contributed by atoms with Crippen LogP contribution in [0.15, 0.2) is 12.7 Å². The predicted molar refractivity (Wildman–Crippen MR) is 92.1 cm³/mol. The van der Waals surface area contributed by atoms with Crippen LogP contribution in [0.1, 0.15) is 0 Å². The molecule has 0 aliphatic carbocycles. The van der Waals surface area contributed by atoms with Gasteiger partial charge in [-0.25, -0.2) is 4.79 Å². The summed E-state index contributed by atoms with van der Waals surface area (Å²) in [4.78, 5) is 11.9. The fourth-order valence-corrected chi connectivity index (χ4v) is 96.7. The molecule has 0 aromatic heterocycles. The van der Waals surface area contributed by atoms with Gasteiger partial charge in [-0.15, -0.1) is 0 Å². The minimum absolute atomic E-state index is 0.186. The Morgan fingerprint density at radius 2 is 1.11 bits per heavy atom. The van der Waals surface area contributed by atoms with E-state index in [1.54, 1.807) is 0 Å². The number of rotatable bonds is 5. The van der Waals surface area contributed by atoms with Crippen LogP contribution in [0.4, 0.5) is 0 Å². The molecule has 0 unspecified atom stereocenters. The van der Waals surface area contributed by atoms with Crippen molar-refractivity contribution in [2.75, 3.05) is 0 Å². The summed E-state index contributed by atoms with van der Waals surface area (Å²) in [6.07, 6.45) is 1.35. The average molecular weight is 319 g/mol. The molecule has 0 fully saturated rings. The number of hydrogen-bond donors (Lipinski definition) is 0. The van der Waals surface area contributed by atoms with Gasteiger partial charge in [0.1, 0.15) is 0 Å². The Labute approximate surface area is 116 Å². The maximum atomic E-state index is 11.9. The van der Waals surface area contributed by atoms with Gasteiger partial charge in [-0.1, -0.05) is 65.5 Å². The zero-order valence-electron chi connectivity index (χ0n) is 13.6. The van der Waals surface area contributed by atoms with Crippen molar-refractivity contribution in [3.05, 3.63) is 12.7 Å². The van der Waals surface area contributed by atoms with Crippen LogP contribution < -0.4 is 0 Å². The van der Waals surface area contributed by atoms with Gasteiger partial charge < -0.3 is 4.43 Å². The standard InChI is InChI=1S/C12H30O2Si4/c1-11-12(13)14-18(15(2,3)4,16(5,6)7)17(8,9)10/h11H,1H2,2-10H3. The third-order valence-corrected chi connectivity index (χ3v) is 70.9. The van der Waals surface area contributed by atoms with E-state index in [0.717, 1.165) is 0 Å². The highest BCUT2D eigenvalue weighted by atomic mass is 29.9. The Hall–Kier alpha value is 0.0775. The Balaban J connectivity index is 6.08. The summed E-state index contributed by atoms with van der Waals surface area (Å²) in [7, 11) is -4.55. The van der Waals surface area contributed by atoms with Gasteiger partial charge in [0.15, 0.2) is 0 Å². The van der Waals surface area contributed by atoms with E-state index in [-0.39, 0.29) is 5.97 Å². The molecule has 0 aliphatic rings. The first kappa shape index (κ1) is 18.1. The minimum Gasteiger partial charge on any atom is -0.525 e. The van der Waals surface area contributed by atoms with E-state index in [4.69, 9.17) is 4.43 Å². The molecule has 0 N–H and O–H groups in total. The molecular weight excluding hydrogens is 288 g/mol. The Kier molecular flexibility index (Phi) is 5.24. The number of carbonyl (C=O) groups excluding carboxylic acids is 1. The number of carbonyl (C=O) groups is 1. The first-order chi connectivity index (χ1) is 7.70. The van der Waals surface area contributed by atoms with Crippen LogP contribution in [-0.4, -0.2) is 35.6 Å². The molecule has 0 saturated heterocycles. The summed E-state index contributed by atoms with van der Waals surface area (Å²) in [5.74, 6) is -0.186. The molecule has 106 valence electrons. The van der Waals surface area contributed by atoms with Crippen LogP contribution in [-0.2, 0) is 9.22 Å². The molecule has 0 aromatic carbocycles. The SMILES string of the molecule is C=CC(=O)O[Si]([Si](C)(C)C)([Si](C)(C)C)[Si](C)(C)C. The van der Waals surface area contributed by atoms with Crippen molar-refractivity contribution >= 4 is 35.6 Å². The smallest absolute Gasteiger partial charge is 0.316 e. The van der Waals surface area contributed by atoms with E-state index in [1.807, 2.05) is 0 Å². The fraction of sp³-hybridized carbons (Fsp3) is 0.750. The molecule has 0 radical (unpaired) electrons. The molecule has 0 bridgehead atoms. The van der Waals surface area contributed by atoms with Gasteiger partial charge in [0.25, 0.3) is 0 Å². The summed E-state index contributed by atoms with van der Waals surface area (Å²) in [6.45, 7) is 23.2. The third kappa shape index (κ3) is 3.15. The maximum absolute atomic E-state index is 11.9. The molecule has 0 rings (SSSR count). The summed E-state index contributed by atoms with van der Waals surface area (Å²) < 4.78 is 6.25. The molecule has 6 heteroatoms. The molecule has 0 aromatic rings. The number of hydrogen-bond acceptors (Lipinski definition) is 2. The van der Waals surface area contributed by atoms with Gasteiger partial charge in [0.05, 0.1) is 22.8 Å². The van der Waals surface area contributed by atoms with Crippen LogP contribution in [0.3, 0.4) is 0 Å². The summed E-state index contributed by atoms with van der Waals surface area (Å²) in [5, 5.41) is 0. The largest absolute Gasteiger partial charge is 0.525 e. The molecule has 0 atom stereocenters. The van der Waals surface area contributed by atoms with Gasteiger partial charge in [0, 0.05) is 6.08 Å². The van der Waals surface area contributed by atoms with Crippen molar-refractivity contribution in [1.29, 1.82) is 0 Å². The van der Waals surface area contributed by atoms with E-state index >= 15 is 0 Å². The van der Waals surface area contributed by atoms with Crippen molar-refractivity contribution in [3.63, 3.8) is 0 Å². The van der Waals surface area contributed by atoms with Gasteiger partial charge >= 0.3 is 5.97 Å². The van der Waals surface area contributed by atoms with Gasteiger partial charge in [-0.05, 0) is 0 Å². The minimum atomic E-state index is -1.99. The Morgan fingerprint density at radius 1 is 0.833 bits per heavy atom. The third-order valence-electron chi connectivity index (χ3n) is 3.59. The van der Waals surface area contributed by atoms with Gasteiger partial charge in [0.2, 0.25) is 6.87 Å². The van der Waals surface area contributed by atoms with Crippen molar-refractivity contribution in [3.8, 4) is 0 Å². The lowest BCUT2D eigenvalue weighted by Gasteiger charge is -2.55. The van der Waals surface area contributed by atoms with E-state index in [9.17, 15) is 4.79 Å². The van der Waals surface area contributed by atoms with Crippen LogP contribution in [0.5, 0.6) is 0 Å². The lowest BCUT2D eigenvalue weighted by atomic mass is 10.7. The van der Waals surface area contributed by atoms with E-state index in [2.05, 4.69) is 65.5 Å². The normalized spacial score (nSPS) is 14.3. The molecule has 0 saturated carbocycles. The van der Waals surface area contributed by atoms with E-state index < -0.39 is 29.6 Å². The molecule has 0 amide bonds. The summed E-state index contributed by atoms with van der Waals surface area (Å²) in [6, 6.07) is 0. The zero-order valence-corrected chi connectivity index (χ0v) is 17.6. The quantitative estimate of drug-likeness (QED) is 0.567. The van der Waals surface area contributed by atoms with Crippen LogP contribution in [0, 0.1) is 0 Å². The predicted octanol–water partition coefficient (Wildman–Crippen LogP) is 3.91. The van der Waals surface area contributed by atoms with Crippen molar-refractivity contribution < 1.29 is 9.22 Å². The lowest BCUT2D eigenvalue weighted by molar-refractivity contribution is -0.129. The second-order valence-corrected chi connectivity index (χ2v) is 47.5. The maximum Gasteiger partial charge on any atom is 0.316 e. The first-order valence-electron chi connectivity index (χ1n) is 6.56. The molecule has 2 nitrogen and oxygen atoms in total. The molecule has 0 heterocycles. The Bertz CT molecular complexity index is 295. The van der Waals surface area contributed by atoms with Crippen molar-refractivity contribution in [2.24, 2.45) is 0 Å². The van der Waals surface area contributed by atoms with Crippen molar-refractivity contribution in [2.45, 2.75) is 58.9 Å². The molecular formula is C12H30O2Si4. The molecule has 0 aliphatic heterocycles. The first-order valence-corrected chi connectivity index (χ1v) is 22.0. The topological polar surface area (TPSA) is 26.3 Å². The summed E-state index contributed by atoms with van der Waals surface area (Å²) >= 11 is 0. The fourth-order valence-electron chi connectivity index (χ4n) is 4.03. The molecule has 18 heavy (non-hydrogen) atoms. The second kappa shape index (κ2) is 5.22. The van der Waals surface area contributed by atoms with Crippen LogP contribution in [0.2, 0.25) is 58.9 Å². The summed E-state index contributed by atoms with van der Waals surface area (Å²) in [5.41, 5.74) is 0. The molecule has 0 spiro atoms. The van der Waals surface area contributed by atoms with Crippen LogP contribution in [0.25, 0.3) is 0 Å². The van der Waals surface area contributed by atoms with E-state index in [1.165, 1.54) is 6.08 Å². The van der Waals surface area contributed by atoms with Gasteiger partial charge in [-0.3, -0.25) is 0 Å². The van der Waals surface area contributed by atoms with Crippen LogP contribution >= 0.6 is 0 Å². The van der Waals surface area contributed by atoms with E-state index in [0.29, 0.717) is 0 Å². The second-order valence-electron chi connectivity index (χ2n) is 8.06. The highest BCUT2D eigenvalue weighted by Crippen LogP contribution is 2.37. The average Bonchev–Trinajstić information content (AvgIpc) is 2.07. The Morgan fingerprint density at radius 3 is 1.28 bits per heavy atom. The van der Waals surface area contributed by atoms with Crippen molar-refractivity contribution in [1.82, 2.24) is 0 Å². The zero-order chi connectivity index (χ0) is 15.0.